The molecule has 174 valence electrons. The molecule has 0 atom stereocenters. The lowest BCUT2D eigenvalue weighted by Crippen LogP contribution is -2.38. The van der Waals surface area contributed by atoms with Crippen molar-refractivity contribution in [1.29, 1.82) is 0 Å². The van der Waals surface area contributed by atoms with E-state index in [-0.39, 0.29) is 11.5 Å². The zero-order chi connectivity index (χ0) is 23.2. The summed E-state index contributed by atoms with van der Waals surface area (Å²) in [6.07, 6.45) is 3.15. The first-order valence-electron chi connectivity index (χ1n) is 11.8. The first kappa shape index (κ1) is 22.3. The van der Waals surface area contributed by atoms with Gasteiger partial charge in [0.25, 0.3) is 5.91 Å². The highest BCUT2D eigenvalue weighted by atomic mass is 35.5. The highest BCUT2D eigenvalue weighted by Gasteiger charge is 2.32. The summed E-state index contributed by atoms with van der Waals surface area (Å²) < 4.78 is 8.19. The van der Waals surface area contributed by atoms with Gasteiger partial charge in [0.1, 0.15) is 17.0 Å². The smallest absolute Gasteiger partial charge is 0.267 e. The van der Waals surface area contributed by atoms with Gasteiger partial charge in [-0.1, -0.05) is 29.8 Å². The number of para-hydroxylation sites is 1. The van der Waals surface area contributed by atoms with Crippen molar-refractivity contribution in [2.45, 2.75) is 45.3 Å². The van der Waals surface area contributed by atoms with E-state index in [0.717, 1.165) is 55.5 Å². The maximum Gasteiger partial charge on any atom is 0.267 e. The number of hydrogen-bond acceptors (Lipinski definition) is 3. The molecule has 0 spiro atoms. The molecule has 0 bridgehead atoms. The zero-order valence-electron chi connectivity index (χ0n) is 19.7. The Kier molecular flexibility index (Phi) is 5.87. The number of aryl methyl sites for hydroxylation is 1. The molecule has 0 radical (unpaired) electrons. The summed E-state index contributed by atoms with van der Waals surface area (Å²) in [6, 6.07) is 14.2. The fourth-order valence-corrected chi connectivity index (χ4v) is 5.44. The van der Waals surface area contributed by atoms with Crippen LogP contribution in [0.15, 0.2) is 42.5 Å². The van der Waals surface area contributed by atoms with Gasteiger partial charge < -0.3 is 14.6 Å². The van der Waals surface area contributed by atoms with Crippen LogP contribution < -0.4 is 10.1 Å². The summed E-state index contributed by atoms with van der Waals surface area (Å²) >= 11 is 6.10. The number of fused-ring (bicyclic) bond motifs is 2. The van der Waals surface area contributed by atoms with Crippen LogP contribution in [0.3, 0.4) is 0 Å². The highest BCUT2D eigenvalue weighted by Crippen LogP contribution is 2.38. The number of aromatic nitrogens is 1. The molecule has 0 aliphatic carbocycles. The van der Waals surface area contributed by atoms with Crippen LogP contribution in [-0.2, 0) is 20.0 Å². The van der Waals surface area contributed by atoms with Gasteiger partial charge in [-0.3, -0.25) is 9.69 Å². The average Bonchev–Trinajstić information content (AvgIpc) is 3.28. The van der Waals surface area contributed by atoms with Crippen LogP contribution in [-0.4, -0.2) is 40.6 Å². The van der Waals surface area contributed by atoms with Crippen molar-refractivity contribution in [3.63, 3.8) is 0 Å². The zero-order valence-corrected chi connectivity index (χ0v) is 20.4. The lowest BCUT2D eigenvalue weighted by molar-refractivity contribution is 0.0926. The maximum absolute atomic E-state index is 12.8. The molecule has 33 heavy (non-hydrogen) atoms. The number of piperidine rings is 1. The van der Waals surface area contributed by atoms with Gasteiger partial charge in [-0.15, -0.1) is 0 Å². The van der Waals surface area contributed by atoms with E-state index in [2.05, 4.69) is 42.3 Å². The van der Waals surface area contributed by atoms with Crippen LogP contribution in [0.2, 0.25) is 5.02 Å². The quantitative estimate of drug-likeness (QED) is 0.564. The number of carbonyl (C=O) groups excluding carboxylic acids is 1. The predicted molar refractivity (Wildman–Crippen MR) is 133 cm³/mol. The third-order valence-electron chi connectivity index (χ3n) is 7.06. The summed E-state index contributed by atoms with van der Waals surface area (Å²) in [7, 11) is 1.93. The molecule has 1 aromatic heterocycles. The fourth-order valence-electron chi connectivity index (χ4n) is 5.26. The second kappa shape index (κ2) is 8.69. The van der Waals surface area contributed by atoms with Gasteiger partial charge in [0.05, 0.1) is 0 Å². The van der Waals surface area contributed by atoms with Crippen LogP contribution in [0.4, 0.5) is 0 Å². The molecule has 5 rings (SSSR count). The molecular formula is C27H32ClN3O2. The van der Waals surface area contributed by atoms with Crippen molar-refractivity contribution in [2.75, 3.05) is 19.6 Å². The van der Waals surface area contributed by atoms with E-state index in [1.165, 1.54) is 11.1 Å². The minimum atomic E-state index is -0.111. The normalized spacial score (nSPS) is 18.3. The number of carbonyl (C=O) groups is 1. The van der Waals surface area contributed by atoms with Gasteiger partial charge in [0, 0.05) is 48.0 Å². The minimum absolute atomic E-state index is 0.0214. The van der Waals surface area contributed by atoms with Crippen molar-refractivity contribution in [3.05, 3.63) is 64.3 Å². The topological polar surface area (TPSA) is 46.5 Å². The molecule has 5 nitrogen and oxygen atoms in total. The molecule has 2 aliphatic rings. The van der Waals surface area contributed by atoms with Crippen LogP contribution >= 0.6 is 11.6 Å². The van der Waals surface area contributed by atoms with E-state index >= 15 is 0 Å². The Balaban J connectivity index is 1.14. The number of nitrogens with zero attached hydrogens (tertiary/aromatic N) is 2. The largest absolute Gasteiger partial charge is 0.487 e. The van der Waals surface area contributed by atoms with Crippen molar-refractivity contribution in [3.8, 4) is 5.75 Å². The third kappa shape index (κ3) is 4.62. The average molecular weight is 466 g/mol. The number of nitrogens with one attached hydrogen (secondary N) is 1. The number of amides is 1. The molecular weight excluding hydrogens is 434 g/mol. The van der Waals surface area contributed by atoms with Crippen LogP contribution in [0.25, 0.3) is 10.9 Å². The van der Waals surface area contributed by atoms with Gasteiger partial charge >= 0.3 is 0 Å². The predicted octanol–water partition coefficient (Wildman–Crippen LogP) is 5.19. The lowest BCUT2D eigenvalue weighted by atomic mass is 9.96. The van der Waals surface area contributed by atoms with E-state index in [4.69, 9.17) is 16.3 Å². The summed E-state index contributed by atoms with van der Waals surface area (Å²) in [5.41, 5.74) is 4.19. The summed E-state index contributed by atoms with van der Waals surface area (Å²) in [5.74, 6) is 1.57. The molecule has 3 heterocycles. The van der Waals surface area contributed by atoms with E-state index in [1.54, 1.807) is 0 Å². The first-order valence-corrected chi connectivity index (χ1v) is 12.2. The Labute approximate surface area is 200 Å². The van der Waals surface area contributed by atoms with Crippen LogP contribution in [0.1, 0.15) is 48.3 Å². The van der Waals surface area contributed by atoms with Crippen molar-refractivity contribution in [1.82, 2.24) is 14.8 Å². The molecule has 1 N–H and O–H groups in total. The molecule has 2 aliphatic heterocycles. The van der Waals surface area contributed by atoms with Crippen molar-refractivity contribution < 1.29 is 9.53 Å². The van der Waals surface area contributed by atoms with Gasteiger partial charge in [-0.2, -0.15) is 0 Å². The number of halogens is 1. The van der Waals surface area contributed by atoms with Gasteiger partial charge in [-0.05, 0) is 75.5 Å². The second-order valence-electron chi connectivity index (χ2n) is 10.2. The highest BCUT2D eigenvalue weighted by molar-refractivity contribution is 6.31. The van der Waals surface area contributed by atoms with Crippen LogP contribution in [0, 0.1) is 5.92 Å². The first-order chi connectivity index (χ1) is 15.8. The number of benzene rings is 2. The van der Waals surface area contributed by atoms with Gasteiger partial charge in [0.15, 0.2) is 0 Å². The summed E-state index contributed by atoms with van der Waals surface area (Å²) in [5, 5.41) is 4.83. The number of ether oxygens (including phenoxy) is 1. The standard InChI is InChI=1S/C27H32ClN3O2/c1-27(2)15-19-5-4-6-20(25(19)33-27)17-31-11-9-18(10-12-31)16-29-26(32)24-14-21-13-22(28)7-8-23(21)30(24)3/h4-8,13-14,18H,9-12,15-17H2,1-3H3,(H,29,32). The molecule has 6 heteroatoms. The maximum atomic E-state index is 12.8. The third-order valence-corrected chi connectivity index (χ3v) is 7.30. The monoisotopic (exact) mass is 465 g/mol. The van der Waals surface area contributed by atoms with Crippen LogP contribution in [0.5, 0.6) is 5.75 Å². The SMILES string of the molecule is Cn1c(C(=O)NCC2CCN(Cc3cccc4c3OC(C)(C)C4)CC2)cc2cc(Cl)ccc21. The summed E-state index contributed by atoms with van der Waals surface area (Å²) in [6.45, 7) is 8.04. The van der Waals surface area contributed by atoms with Crippen molar-refractivity contribution >= 4 is 28.4 Å². The molecule has 0 unspecified atom stereocenters. The van der Waals surface area contributed by atoms with Gasteiger partial charge in [0.2, 0.25) is 0 Å². The number of hydrogen-bond donors (Lipinski definition) is 1. The molecule has 3 aromatic rings. The van der Waals surface area contributed by atoms with E-state index in [1.807, 2.05) is 35.9 Å². The van der Waals surface area contributed by atoms with E-state index < -0.39 is 0 Å². The summed E-state index contributed by atoms with van der Waals surface area (Å²) in [4.78, 5) is 15.4. The Morgan fingerprint density at radius 2 is 1.97 bits per heavy atom. The Hall–Kier alpha value is -2.50. The fraction of sp³-hybridized carbons (Fsp3) is 0.444. The molecule has 1 amide bonds. The Morgan fingerprint density at radius 3 is 2.76 bits per heavy atom. The Morgan fingerprint density at radius 1 is 1.18 bits per heavy atom. The molecule has 2 aromatic carbocycles. The molecule has 0 saturated carbocycles. The minimum Gasteiger partial charge on any atom is -0.487 e. The number of rotatable bonds is 5. The number of likely N-dealkylation sites (tertiary alicyclic amines) is 1. The Bertz CT molecular complexity index is 1190. The van der Waals surface area contributed by atoms with E-state index in [0.29, 0.717) is 23.2 Å². The molecule has 1 fully saturated rings. The van der Waals surface area contributed by atoms with Crippen molar-refractivity contribution in [2.24, 2.45) is 13.0 Å². The second-order valence-corrected chi connectivity index (χ2v) is 10.6. The van der Waals surface area contributed by atoms with E-state index in [9.17, 15) is 4.79 Å². The lowest BCUT2D eigenvalue weighted by Gasteiger charge is -2.32. The van der Waals surface area contributed by atoms with Gasteiger partial charge in [-0.25, -0.2) is 0 Å². The molecule has 1 saturated heterocycles.